The maximum atomic E-state index is 12.2. The maximum Gasteiger partial charge on any atom is 0.237 e. The summed E-state index contributed by atoms with van der Waals surface area (Å²) in [4.78, 5) is 14.7. The van der Waals surface area contributed by atoms with Crippen LogP contribution in [0, 0.1) is 5.41 Å². The van der Waals surface area contributed by atoms with Gasteiger partial charge < -0.3 is 16.0 Å². The van der Waals surface area contributed by atoms with E-state index >= 15 is 0 Å². The third kappa shape index (κ3) is 3.29. The van der Waals surface area contributed by atoms with Gasteiger partial charge >= 0.3 is 0 Å². The number of carbonyl (C=O) groups excluding carboxylic acids is 1. The van der Waals surface area contributed by atoms with Crippen LogP contribution in [0.4, 0.5) is 0 Å². The van der Waals surface area contributed by atoms with Crippen LogP contribution in [0.25, 0.3) is 0 Å². The fraction of sp³-hybridized carbons (Fsp3) is 0.933. The molecule has 3 unspecified atom stereocenters. The highest BCUT2D eigenvalue weighted by Gasteiger charge is 2.37. The smallest absolute Gasteiger partial charge is 0.237 e. The summed E-state index contributed by atoms with van der Waals surface area (Å²) in [5.74, 6) is 0.0140. The second-order valence-electron chi connectivity index (χ2n) is 7.42. The van der Waals surface area contributed by atoms with Crippen molar-refractivity contribution in [1.82, 2.24) is 10.2 Å². The lowest BCUT2D eigenvalue weighted by atomic mass is 9.81. The molecule has 1 amide bonds. The van der Waals surface area contributed by atoms with Crippen molar-refractivity contribution in [3.8, 4) is 0 Å². The van der Waals surface area contributed by atoms with Gasteiger partial charge in [0.15, 0.2) is 0 Å². The lowest BCUT2D eigenvalue weighted by molar-refractivity contribution is -0.126. The number of rotatable bonds is 2. The summed E-state index contributed by atoms with van der Waals surface area (Å²) in [6, 6.07) is 1.17. The van der Waals surface area contributed by atoms with Gasteiger partial charge in [-0.1, -0.05) is 27.2 Å². The number of hydrogen-bond acceptors (Lipinski definition) is 3. The number of fused-ring (bicyclic) bond motifs is 2. The van der Waals surface area contributed by atoms with Gasteiger partial charge in [-0.3, -0.25) is 4.79 Å². The Labute approximate surface area is 117 Å². The summed E-state index contributed by atoms with van der Waals surface area (Å²) < 4.78 is 0. The van der Waals surface area contributed by atoms with Gasteiger partial charge in [0, 0.05) is 18.1 Å². The number of nitrogens with one attached hydrogen (secondary N) is 1. The fourth-order valence-electron chi connectivity index (χ4n) is 3.42. The third-order valence-corrected chi connectivity index (χ3v) is 4.90. The monoisotopic (exact) mass is 267 g/mol. The van der Waals surface area contributed by atoms with Crippen LogP contribution in [0.15, 0.2) is 0 Å². The first kappa shape index (κ1) is 14.8. The van der Waals surface area contributed by atoms with Crippen molar-refractivity contribution >= 4 is 5.91 Å². The Balaban J connectivity index is 1.92. The van der Waals surface area contributed by atoms with E-state index in [0.717, 1.165) is 12.8 Å². The highest BCUT2D eigenvalue weighted by Crippen LogP contribution is 2.32. The van der Waals surface area contributed by atoms with Crippen LogP contribution in [-0.2, 0) is 4.79 Å². The normalized spacial score (nSPS) is 33.8. The quantitative estimate of drug-likeness (QED) is 0.797. The first-order valence-electron chi connectivity index (χ1n) is 7.57. The van der Waals surface area contributed by atoms with Gasteiger partial charge in [-0.2, -0.15) is 0 Å². The van der Waals surface area contributed by atoms with Crippen molar-refractivity contribution in [2.45, 2.75) is 77.0 Å². The van der Waals surface area contributed by atoms with E-state index in [1.54, 1.807) is 0 Å². The molecule has 2 aliphatic heterocycles. The second-order valence-corrected chi connectivity index (χ2v) is 7.42. The van der Waals surface area contributed by atoms with Crippen LogP contribution in [0.5, 0.6) is 0 Å². The predicted molar refractivity (Wildman–Crippen MR) is 77.8 cm³/mol. The molecular weight excluding hydrogens is 238 g/mol. The molecule has 0 radical (unpaired) electrons. The summed E-state index contributed by atoms with van der Waals surface area (Å²) in [6.45, 7) is 6.04. The molecule has 0 aliphatic carbocycles. The Morgan fingerprint density at radius 3 is 2.26 bits per heavy atom. The van der Waals surface area contributed by atoms with Gasteiger partial charge in [-0.15, -0.1) is 0 Å². The largest absolute Gasteiger partial charge is 0.352 e. The lowest BCUT2D eigenvalue weighted by Gasteiger charge is -2.47. The number of nitrogens with two attached hydrogens (primary N) is 1. The lowest BCUT2D eigenvalue weighted by Crippen LogP contribution is -2.58. The summed E-state index contributed by atoms with van der Waals surface area (Å²) in [7, 11) is 2.23. The van der Waals surface area contributed by atoms with Crippen LogP contribution in [0.2, 0.25) is 0 Å². The predicted octanol–water partition coefficient (Wildman–Crippen LogP) is 1.49. The summed E-state index contributed by atoms with van der Waals surface area (Å²) in [5.41, 5.74) is 5.86. The minimum Gasteiger partial charge on any atom is -0.352 e. The second kappa shape index (κ2) is 5.41. The molecule has 2 saturated heterocycles. The molecule has 3 atom stereocenters. The molecule has 3 N–H and O–H groups in total. The number of nitrogens with zero attached hydrogens (tertiary/aromatic N) is 1. The molecule has 0 aromatic heterocycles. The van der Waals surface area contributed by atoms with Crippen molar-refractivity contribution < 1.29 is 4.79 Å². The number of piperidine rings is 2. The minimum atomic E-state index is -0.424. The van der Waals surface area contributed by atoms with Gasteiger partial charge in [0.1, 0.15) is 0 Å². The van der Waals surface area contributed by atoms with Crippen LogP contribution >= 0.6 is 0 Å². The minimum absolute atomic E-state index is 0.0140. The molecule has 19 heavy (non-hydrogen) atoms. The molecule has 2 aliphatic rings. The summed E-state index contributed by atoms with van der Waals surface area (Å²) in [6.07, 6.45) is 6.03. The van der Waals surface area contributed by atoms with E-state index in [2.05, 4.69) is 17.3 Å². The Hall–Kier alpha value is -0.610. The molecule has 0 saturated carbocycles. The average Bonchev–Trinajstić information content (AvgIpc) is 2.28. The first-order chi connectivity index (χ1) is 8.79. The van der Waals surface area contributed by atoms with E-state index in [1.165, 1.54) is 19.3 Å². The van der Waals surface area contributed by atoms with Gasteiger partial charge in [0.25, 0.3) is 0 Å². The Kier molecular flexibility index (Phi) is 4.21. The standard InChI is InChI=1S/C15H29N3O/c1-15(2,3)13(16)14(19)17-10-8-11-6-5-7-12(9-10)18(11)4/h10-13H,5-9,16H2,1-4H3,(H,17,19). The van der Waals surface area contributed by atoms with E-state index in [1.807, 2.05) is 20.8 Å². The zero-order chi connectivity index (χ0) is 14.2. The summed E-state index contributed by atoms with van der Waals surface area (Å²) in [5, 5.41) is 3.18. The molecule has 2 rings (SSSR count). The molecule has 4 heteroatoms. The molecule has 0 aromatic rings. The summed E-state index contributed by atoms with van der Waals surface area (Å²) >= 11 is 0. The van der Waals surface area contributed by atoms with Crippen molar-refractivity contribution in [3.05, 3.63) is 0 Å². The van der Waals surface area contributed by atoms with Crippen LogP contribution < -0.4 is 11.1 Å². The molecule has 0 aromatic carbocycles. The number of amides is 1. The highest BCUT2D eigenvalue weighted by molar-refractivity contribution is 5.82. The maximum absolute atomic E-state index is 12.2. The fourth-order valence-corrected chi connectivity index (χ4v) is 3.42. The van der Waals surface area contributed by atoms with E-state index in [-0.39, 0.29) is 11.3 Å². The van der Waals surface area contributed by atoms with Crippen molar-refractivity contribution in [3.63, 3.8) is 0 Å². The van der Waals surface area contributed by atoms with Crippen LogP contribution in [0.1, 0.15) is 52.9 Å². The van der Waals surface area contributed by atoms with E-state index in [4.69, 9.17) is 5.73 Å². The molecule has 110 valence electrons. The van der Waals surface area contributed by atoms with E-state index < -0.39 is 6.04 Å². The van der Waals surface area contributed by atoms with Gasteiger partial charge in [0.05, 0.1) is 6.04 Å². The van der Waals surface area contributed by atoms with E-state index in [0.29, 0.717) is 18.1 Å². The zero-order valence-electron chi connectivity index (χ0n) is 12.8. The molecule has 2 bridgehead atoms. The highest BCUT2D eigenvalue weighted by atomic mass is 16.2. The van der Waals surface area contributed by atoms with Gasteiger partial charge in [-0.05, 0) is 38.1 Å². The topological polar surface area (TPSA) is 58.4 Å². The van der Waals surface area contributed by atoms with Crippen molar-refractivity contribution in [1.29, 1.82) is 0 Å². The van der Waals surface area contributed by atoms with E-state index in [9.17, 15) is 4.79 Å². The van der Waals surface area contributed by atoms with Crippen molar-refractivity contribution in [2.75, 3.05) is 7.05 Å². The first-order valence-corrected chi connectivity index (χ1v) is 7.57. The number of hydrogen-bond donors (Lipinski definition) is 2. The number of carbonyl (C=O) groups is 1. The molecule has 0 spiro atoms. The molecular formula is C15H29N3O. The van der Waals surface area contributed by atoms with Gasteiger partial charge in [0.2, 0.25) is 5.91 Å². The average molecular weight is 267 g/mol. The SMILES string of the molecule is CN1C2CCCC1CC(NC(=O)C(N)C(C)(C)C)C2. The Bertz CT molecular complexity index is 323. The van der Waals surface area contributed by atoms with Crippen molar-refractivity contribution in [2.24, 2.45) is 11.1 Å². The Morgan fingerprint density at radius 2 is 1.79 bits per heavy atom. The van der Waals surface area contributed by atoms with Gasteiger partial charge in [-0.25, -0.2) is 0 Å². The third-order valence-electron chi connectivity index (χ3n) is 4.90. The Morgan fingerprint density at radius 1 is 1.26 bits per heavy atom. The molecule has 2 fully saturated rings. The molecule has 4 nitrogen and oxygen atoms in total. The van der Waals surface area contributed by atoms with Crippen LogP contribution in [0.3, 0.4) is 0 Å². The van der Waals surface area contributed by atoms with Crippen LogP contribution in [-0.4, -0.2) is 42.0 Å². The molecule has 2 heterocycles. The zero-order valence-corrected chi connectivity index (χ0v) is 12.8.